The molecule has 2 N–H and O–H groups in total. The number of carboxylic acids is 1. The van der Waals surface area contributed by atoms with E-state index in [9.17, 15) is 4.79 Å². The van der Waals surface area contributed by atoms with Crippen LogP contribution in [0.3, 0.4) is 0 Å². The van der Waals surface area contributed by atoms with Crippen LogP contribution in [0.2, 0.25) is 0 Å². The Hall–Kier alpha value is -1.61. The van der Waals surface area contributed by atoms with Crippen molar-refractivity contribution in [2.45, 2.75) is 31.8 Å². The van der Waals surface area contributed by atoms with Crippen molar-refractivity contribution >= 4 is 12.0 Å². The van der Waals surface area contributed by atoms with Crippen molar-refractivity contribution in [2.75, 3.05) is 0 Å². The molecule has 2 atom stereocenters. The number of rotatable bonds is 5. The standard InChI is InChI=1S/C14H17NO2/c1-2-5-13(14(16)17)15-12-9-8-10-6-3-4-7-11(10)12/h3-4,6-9,12-13,15H,2,5H2,1H3,(H,16,17)/t12-,13+/m1/s1. The largest absolute Gasteiger partial charge is 0.480 e. The van der Waals surface area contributed by atoms with E-state index in [1.54, 1.807) is 0 Å². The molecule has 3 nitrogen and oxygen atoms in total. The van der Waals surface area contributed by atoms with Crippen molar-refractivity contribution < 1.29 is 9.90 Å². The summed E-state index contributed by atoms with van der Waals surface area (Å²) in [5, 5.41) is 12.3. The lowest BCUT2D eigenvalue weighted by atomic mass is 10.1. The summed E-state index contributed by atoms with van der Waals surface area (Å²) >= 11 is 0. The number of fused-ring (bicyclic) bond motifs is 1. The maximum atomic E-state index is 11.1. The van der Waals surface area contributed by atoms with E-state index in [4.69, 9.17) is 5.11 Å². The van der Waals surface area contributed by atoms with Crippen LogP contribution in [0, 0.1) is 0 Å². The molecule has 0 saturated heterocycles. The summed E-state index contributed by atoms with van der Waals surface area (Å²) in [7, 11) is 0. The van der Waals surface area contributed by atoms with Gasteiger partial charge in [0.15, 0.2) is 0 Å². The number of nitrogens with one attached hydrogen (secondary N) is 1. The first-order chi connectivity index (χ1) is 8.22. The summed E-state index contributed by atoms with van der Waals surface area (Å²) in [5.41, 5.74) is 2.33. The Balaban J connectivity index is 2.10. The van der Waals surface area contributed by atoms with Gasteiger partial charge in [-0.1, -0.05) is 49.8 Å². The van der Waals surface area contributed by atoms with E-state index < -0.39 is 12.0 Å². The Bertz CT molecular complexity index is 440. The Morgan fingerprint density at radius 1 is 1.47 bits per heavy atom. The Morgan fingerprint density at radius 2 is 2.24 bits per heavy atom. The first kappa shape index (κ1) is 11.9. The van der Waals surface area contributed by atoms with Gasteiger partial charge >= 0.3 is 5.97 Å². The van der Waals surface area contributed by atoms with Crippen molar-refractivity contribution in [1.29, 1.82) is 0 Å². The van der Waals surface area contributed by atoms with Crippen LogP contribution in [0.1, 0.15) is 36.9 Å². The lowest BCUT2D eigenvalue weighted by Crippen LogP contribution is -2.38. The quantitative estimate of drug-likeness (QED) is 0.819. The predicted molar refractivity (Wildman–Crippen MR) is 67.7 cm³/mol. The Kier molecular flexibility index (Phi) is 3.59. The SMILES string of the molecule is CCC[C@H](N[C@@H]1C=Cc2ccccc21)C(=O)O. The third-order valence-corrected chi connectivity index (χ3v) is 3.06. The highest BCUT2D eigenvalue weighted by molar-refractivity contribution is 5.74. The second kappa shape index (κ2) is 5.15. The molecule has 3 heteroatoms. The van der Waals surface area contributed by atoms with Gasteiger partial charge in [0.2, 0.25) is 0 Å². The number of carbonyl (C=O) groups is 1. The molecule has 0 amide bonds. The predicted octanol–water partition coefficient (Wildman–Crippen LogP) is 2.60. The number of carboxylic acid groups (broad SMARTS) is 1. The molecular formula is C14H17NO2. The number of hydrogen-bond acceptors (Lipinski definition) is 2. The zero-order chi connectivity index (χ0) is 12.3. The maximum Gasteiger partial charge on any atom is 0.320 e. The van der Waals surface area contributed by atoms with Crippen molar-refractivity contribution in [3.05, 3.63) is 41.5 Å². The van der Waals surface area contributed by atoms with Gasteiger partial charge in [-0.3, -0.25) is 10.1 Å². The fourth-order valence-corrected chi connectivity index (χ4v) is 2.18. The van der Waals surface area contributed by atoms with Gasteiger partial charge in [0.1, 0.15) is 6.04 Å². The van der Waals surface area contributed by atoms with Crippen LogP contribution in [0.25, 0.3) is 6.08 Å². The van der Waals surface area contributed by atoms with E-state index in [1.165, 1.54) is 5.56 Å². The third kappa shape index (κ3) is 2.56. The molecule has 0 unspecified atom stereocenters. The first-order valence-electron chi connectivity index (χ1n) is 5.98. The van der Waals surface area contributed by atoms with Crippen LogP contribution in [-0.2, 0) is 4.79 Å². The molecule has 1 aromatic rings. The molecule has 1 aromatic carbocycles. The Morgan fingerprint density at radius 3 is 2.94 bits per heavy atom. The van der Waals surface area contributed by atoms with Gasteiger partial charge in [-0.25, -0.2) is 0 Å². The van der Waals surface area contributed by atoms with Gasteiger partial charge in [0.05, 0.1) is 6.04 Å². The van der Waals surface area contributed by atoms with E-state index in [0.29, 0.717) is 6.42 Å². The van der Waals surface area contributed by atoms with Crippen molar-refractivity contribution in [1.82, 2.24) is 5.32 Å². The molecule has 17 heavy (non-hydrogen) atoms. The lowest BCUT2D eigenvalue weighted by molar-refractivity contribution is -0.139. The summed E-state index contributed by atoms with van der Waals surface area (Å²) in [5.74, 6) is -0.773. The summed E-state index contributed by atoms with van der Waals surface area (Å²) in [6, 6.07) is 7.61. The molecular weight excluding hydrogens is 214 g/mol. The first-order valence-corrected chi connectivity index (χ1v) is 5.98. The fraction of sp³-hybridized carbons (Fsp3) is 0.357. The van der Waals surface area contributed by atoms with Crippen LogP contribution < -0.4 is 5.32 Å². The van der Waals surface area contributed by atoms with Crippen molar-refractivity contribution in [3.63, 3.8) is 0 Å². The maximum absolute atomic E-state index is 11.1. The fourth-order valence-electron chi connectivity index (χ4n) is 2.18. The minimum Gasteiger partial charge on any atom is -0.480 e. The molecule has 1 aliphatic rings. The smallest absolute Gasteiger partial charge is 0.320 e. The second-order valence-electron chi connectivity index (χ2n) is 4.31. The van der Waals surface area contributed by atoms with E-state index >= 15 is 0 Å². The molecule has 0 aromatic heterocycles. The van der Waals surface area contributed by atoms with Gasteiger partial charge < -0.3 is 5.11 Å². The monoisotopic (exact) mass is 231 g/mol. The molecule has 0 radical (unpaired) electrons. The molecule has 0 fully saturated rings. The van der Waals surface area contributed by atoms with E-state index in [-0.39, 0.29) is 6.04 Å². The highest BCUT2D eigenvalue weighted by atomic mass is 16.4. The zero-order valence-electron chi connectivity index (χ0n) is 9.89. The van der Waals surface area contributed by atoms with Crippen molar-refractivity contribution in [2.24, 2.45) is 0 Å². The van der Waals surface area contributed by atoms with Gasteiger partial charge in [0.25, 0.3) is 0 Å². The van der Waals surface area contributed by atoms with Crippen LogP contribution in [0.15, 0.2) is 30.3 Å². The number of aliphatic carboxylic acids is 1. The van der Waals surface area contributed by atoms with Crippen LogP contribution in [0.5, 0.6) is 0 Å². The molecule has 1 aliphatic carbocycles. The van der Waals surface area contributed by atoms with Crippen molar-refractivity contribution in [3.8, 4) is 0 Å². The average molecular weight is 231 g/mol. The normalized spacial score (nSPS) is 19.0. The lowest BCUT2D eigenvalue weighted by Gasteiger charge is -2.19. The van der Waals surface area contributed by atoms with Crippen LogP contribution in [0.4, 0.5) is 0 Å². The second-order valence-corrected chi connectivity index (χ2v) is 4.31. The van der Waals surface area contributed by atoms with Gasteiger partial charge in [-0.05, 0) is 17.5 Å². The average Bonchev–Trinajstić information content (AvgIpc) is 2.72. The number of hydrogen-bond donors (Lipinski definition) is 2. The summed E-state index contributed by atoms with van der Waals surface area (Å²) in [6.45, 7) is 2.00. The molecule has 0 saturated carbocycles. The molecule has 0 spiro atoms. The van der Waals surface area contributed by atoms with E-state index in [0.717, 1.165) is 12.0 Å². The van der Waals surface area contributed by atoms with Crippen LogP contribution >= 0.6 is 0 Å². The topological polar surface area (TPSA) is 49.3 Å². The minimum absolute atomic E-state index is 0.0267. The Labute approximate surface area is 101 Å². The highest BCUT2D eigenvalue weighted by Gasteiger charge is 2.23. The molecule has 0 heterocycles. The third-order valence-electron chi connectivity index (χ3n) is 3.06. The summed E-state index contributed by atoms with van der Waals surface area (Å²) < 4.78 is 0. The van der Waals surface area contributed by atoms with Crippen LogP contribution in [-0.4, -0.2) is 17.1 Å². The molecule has 90 valence electrons. The minimum atomic E-state index is -0.773. The van der Waals surface area contributed by atoms with Gasteiger partial charge in [-0.2, -0.15) is 0 Å². The zero-order valence-corrected chi connectivity index (χ0v) is 9.89. The highest BCUT2D eigenvalue weighted by Crippen LogP contribution is 2.28. The van der Waals surface area contributed by atoms with E-state index in [1.807, 2.05) is 43.3 Å². The molecule has 0 aliphatic heterocycles. The molecule has 0 bridgehead atoms. The van der Waals surface area contributed by atoms with Gasteiger partial charge in [0, 0.05) is 0 Å². The van der Waals surface area contributed by atoms with Gasteiger partial charge in [-0.15, -0.1) is 0 Å². The summed E-state index contributed by atoms with van der Waals surface area (Å²) in [6.07, 6.45) is 5.58. The molecule has 2 rings (SSSR count). The van der Waals surface area contributed by atoms with E-state index in [2.05, 4.69) is 5.32 Å². The number of benzene rings is 1. The summed E-state index contributed by atoms with van der Waals surface area (Å²) in [4.78, 5) is 11.1.